The lowest BCUT2D eigenvalue weighted by Gasteiger charge is -2.21. The molecule has 0 saturated heterocycles. The molecule has 1 aromatic heterocycles. The van der Waals surface area contributed by atoms with Crippen LogP contribution in [0.4, 0.5) is 0 Å². The maximum absolute atomic E-state index is 5.90. The molecule has 1 N–H and O–H groups in total. The van der Waals surface area contributed by atoms with Gasteiger partial charge in [-0.2, -0.15) is 0 Å². The lowest BCUT2D eigenvalue weighted by atomic mass is 9.97. The van der Waals surface area contributed by atoms with Crippen molar-refractivity contribution in [2.24, 2.45) is 0 Å². The van der Waals surface area contributed by atoms with Crippen molar-refractivity contribution in [3.05, 3.63) is 48.5 Å². The van der Waals surface area contributed by atoms with Gasteiger partial charge in [0, 0.05) is 12.0 Å². The number of para-hydroxylation sites is 1. The van der Waals surface area contributed by atoms with E-state index in [-0.39, 0.29) is 6.04 Å². The van der Waals surface area contributed by atoms with Crippen LogP contribution in [0.2, 0.25) is 0 Å². The molecule has 1 aromatic carbocycles. The number of halogens is 2. The highest BCUT2D eigenvalue weighted by molar-refractivity contribution is 9.12. The molecule has 112 valence electrons. The summed E-state index contributed by atoms with van der Waals surface area (Å²) < 4.78 is 8.20. The third-order valence-electron chi connectivity index (χ3n) is 3.65. The predicted octanol–water partition coefficient (Wildman–Crippen LogP) is 5.30. The van der Waals surface area contributed by atoms with Crippen LogP contribution >= 0.6 is 43.2 Å². The number of rotatable bonds is 5. The van der Waals surface area contributed by atoms with Crippen molar-refractivity contribution in [1.82, 2.24) is 5.32 Å². The number of benzene rings is 1. The molecule has 3 rings (SSSR count). The summed E-state index contributed by atoms with van der Waals surface area (Å²) in [5.41, 5.74) is 3.83. The SMILES string of the molecule is CCCNC(c1cc(Br)sc1Br)c1cccc2c1OCC2. The van der Waals surface area contributed by atoms with Crippen molar-refractivity contribution < 1.29 is 4.74 Å². The fourth-order valence-corrected chi connectivity index (χ4v) is 5.60. The van der Waals surface area contributed by atoms with Crippen molar-refractivity contribution in [2.75, 3.05) is 13.2 Å². The average molecular weight is 431 g/mol. The van der Waals surface area contributed by atoms with E-state index in [0.29, 0.717) is 0 Å². The Morgan fingerprint density at radius 3 is 2.90 bits per heavy atom. The fourth-order valence-electron chi connectivity index (χ4n) is 2.69. The molecular formula is C16H17Br2NOS. The van der Waals surface area contributed by atoms with Crippen molar-refractivity contribution in [3.63, 3.8) is 0 Å². The van der Waals surface area contributed by atoms with E-state index in [2.05, 4.69) is 68.4 Å². The van der Waals surface area contributed by atoms with Crippen LogP contribution in [0.3, 0.4) is 0 Å². The topological polar surface area (TPSA) is 21.3 Å². The summed E-state index contributed by atoms with van der Waals surface area (Å²) >= 11 is 8.99. The van der Waals surface area contributed by atoms with E-state index in [1.807, 2.05) is 0 Å². The Morgan fingerprint density at radius 2 is 2.19 bits per heavy atom. The highest BCUT2D eigenvalue weighted by Crippen LogP contribution is 2.42. The number of hydrogen-bond donors (Lipinski definition) is 1. The Bertz CT molecular complexity index is 641. The normalized spacial score (nSPS) is 14.8. The van der Waals surface area contributed by atoms with Crippen LogP contribution in [0.25, 0.3) is 0 Å². The van der Waals surface area contributed by atoms with Gasteiger partial charge in [-0.15, -0.1) is 11.3 Å². The molecule has 5 heteroatoms. The Kier molecular flexibility index (Phi) is 5.04. The Morgan fingerprint density at radius 1 is 1.33 bits per heavy atom. The molecule has 0 aliphatic carbocycles. The molecule has 0 bridgehead atoms. The highest BCUT2D eigenvalue weighted by Gasteiger charge is 2.25. The molecule has 21 heavy (non-hydrogen) atoms. The van der Waals surface area contributed by atoms with E-state index >= 15 is 0 Å². The molecule has 1 atom stereocenters. The number of fused-ring (bicyclic) bond motifs is 1. The van der Waals surface area contributed by atoms with Crippen LogP contribution < -0.4 is 10.1 Å². The van der Waals surface area contributed by atoms with E-state index in [1.54, 1.807) is 11.3 Å². The molecule has 0 spiro atoms. The first-order valence-electron chi connectivity index (χ1n) is 7.13. The lowest BCUT2D eigenvalue weighted by molar-refractivity contribution is 0.350. The van der Waals surface area contributed by atoms with Gasteiger partial charge in [0.25, 0.3) is 0 Å². The van der Waals surface area contributed by atoms with Crippen LogP contribution in [0, 0.1) is 0 Å². The number of hydrogen-bond acceptors (Lipinski definition) is 3. The van der Waals surface area contributed by atoms with Crippen LogP contribution in [0.15, 0.2) is 31.8 Å². The minimum absolute atomic E-state index is 0.162. The molecule has 2 nitrogen and oxygen atoms in total. The Hall–Kier alpha value is -0.360. The van der Waals surface area contributed by atoms with Gasteiger partial charge in [0.05, 0.1) is 20.2 Å². The van der Waals surface area contributed by atoms with Gasteiger partial charge in [0.1, 0.15) is 5.75 Å². The van der Waals surface area contributed by atoms with Gasteiger partial charge < -0.3 is 10.1 Å². The van der Waals surface area contributed by atoms with Gasteiger partial charge >= 0.3 is 0 Å². The third kappa shape index (κ3) is 3.21. The largest absolute Gasteiger partial charge is 0.493 e. The summed E-state index contributed by atoms with van der Waals surface area (Å²) in [6, 6.07) is 8.83. The molecule has 1 aliphatic heterocycles. The molecule has 0 saturated carbocycles. The van der Waals surface area contributed by atoms with Crippen molar-refractivity contribution >= 4 is 43.2 Å². The maximum atomic E-state index is 5.90. The van der Waals surface area contributed by atoms with E-state index in [9.17, 15) is 0 Å². The van der Waals surface area contributed by atoms with E-state index < -0.39 is 0 Å². The van der Waals surface area contributed by atoms with E-state index in [0.717, 1.165) is 35.5 Å². The lowest BCUT2D eigenvalue weighted by Crippen LogP contribution is -2.23. The first-order chi connectivity index (χ1) is 10.2. The second-order valence-corrected chi connectivity index (χ2v) is 8.85. The van der Waals surface area contributed by atoms with E-state index in [1.165, 1.54) is 20.5 Å². The second kappa shape index (κ2) is 6.82. The zero-order chi connectivity index (χ0) is 14.8. The summed E-state index contributed by atoms with van der Waals surface area (Å²) in [7, 11) is 0. The van der Waals surface area contributed by atoms with Gasteiger partial charge in [0.15, 0.2) is 0 Å². The van der Waals surface area contributed by atoms with Crippen LogP contribution in [0.5, 0.6) is 5.75 Å². The monoisotopic (exact) mass is 429 g/mol. The molecule has 2 aromatic rings. The smallest absolute Gasteiger partial charge is 0.127 e. The molecule has 2 heterocycles. The summed E-state index contributed by atoms with van der Waals surface area (Å²) in [6.45, 7) is 3.96. The Balaban J connectivity index is 2.04. The second-order valence-electron chi connectivity index (χ2n) is 5.10. The minimum Gasteiger partial charge on any atom is -0.493 e. The Labute approximate surface area is 146 Å². The quantitative estimate of drug-likeness (QED) is 0.694. The van der Waals surface area contributed by atoms with Crippen LogP contribution in [0.1, 0.15) is 36.1 Å². The first-order valence-corrected chi connectivity index (χ1v) is 9.53. The van der Waals surface area contributed by atoms with Gasteiger partial charge in [-0.05, 0) is 62.0 Å². The molecule has 1 aliphatic rings. The zero-order valence-corrected chi connectivity index (χ0v) is 15.8. The number of ether oxygens (including phenoxy) is 1. The molecule has 0 amide bonds. The van der Waals surface area contributed by atoms with E-state index in [4.69, 9.17) is 4.74 Å². The van der Waals surface area contributed by atoms with Crippen molar-refractivity contribution in [2.45, 2.75) is 25.8 Å². The average Bonchev–Trinajstić information content (AvgIpc) is 3.06. The zero-order valence-electron chi connectivity index (χ0n) is 11.8. The molecule has 0 radical (unpaired) electrons. The predicted molar refractivity (Wildman–Crippen MR) is 95.5 cm³/mol. The summed E-state index contributed by atoms with van der Waals surface area (Å²) in [4.78, 5) is 0. The van der Waals surface area contributed by atoms with Gasteiger partial charge in [-0.1, -0.05) is 25.1 Å². The fraction of sp³-hybridized carbons (Fsp3) is 0.375. The highest BCUT2D eigenvalue weighted by atomic mass is 79.9. The maximum Gasteiger partial charge on any atom is 0.127 e. The summed E-state index contributed by atoms with van der Waals surface area (Å²) in [6.07, 6.45) is 2.12. The first kappa shape index (κ1) is 15.5. The number of nitrogens with one attached hydrogen (secondary N) is 1. The number of thiophene rings is 1. The summed E-state index contributed by atoms with van der Waals surface area (Å²) in [5, 5.41) is 3.66. The third-order valence-corrected chi connectivity index (χ3v) is 6.03. The van der Waals surface area contributed by atoms with Crippen LogP contribution in [-0.4, -0.2) is 13.2 Å². The molecule has 1 unspecified atom stereocenters. The minimum atomic E-state index is 0.162. The van der Waals surface area contributed by atoms with Crippen molar-refractivity contribution in [1.29, 1.82) is 0 Å². The molecule has 0 fully saturated rings. The van der Waals surface area contributed by atoms with Crippen LogP contribution in [-0.2, 0) is 6.42 Å². The van der Waals surface area contributed by atoms with Gasteiger partial charge in [0.2, 0.25) is 0 Å². The van der Waals surface area contributed by atoms with Crippen molar-refractivity contribution in [3.8, 4) is 5.75 Å². The standard InChI is InChI=1S/C16H17Br2NOS/c1-2-7-19-14(12-9-13(17)21-16(12)18)11-5-3-4-10-6-8-20-15(10)11/h3-5,9,14,19H,2,6-8H2,1H3. The van der Waals surface area contributed by atoms with Gasteiger partial charge in [-0.3, -0.25) is 0 Å². The molecular weight excluding hydrogens is 414 g/mol. The summed E-state index contributed by atoms with van der Waals surface area (Å²) in [5.74, 6) is 1.07. The van der Waals surface area contributed by atoms with Gasteiger partial charge in [-0.25, -0.2) is 0 Å².